The Morgan fingerprint density at radius 1 is 1.17 bits per heavy atom. The van der Waals surface area contributed by atoms with Crippen molar-refractivity contribution in [1.29, 1.82) is 0 Å². The molecule has 0 spiro atoms. The van der Waals surface area contributed by atoms with Crippen LogP contribution in [0.4, 0.5) is 0 Å². The normalized spacial score (nSPS) is 15.7. The number of nitrogens with two attached hydrogens (primary N) is 1. The van der Waals surface area contributed by atoms with Gasteiger partial charge in [-0.2, -0.15) is 5.10 Å². The summed E-state index contributed by atoms with van der Waals surface area (Å²) in [5.41, 5.74) is 7.38. The summed E-state index contributed by atoms with van der Waals surface area (Å²) < 4.78 is 7.22. The molecule has 3 N–H and O–H groups in total. The Morgan fingerprint density at radius 3 is 2.67 bits per heavy atom. The van der Waals surface area contributed by atoms with Crippen LogP contribution in [0.25, 0.3) is 11.0 Å². The first-order valence-corrected chi connectivity index (χ1v) is 10.1. The summed E-state index contributed by atoms with van der Waals surface area (Å²) in [6.45, 7) is 2.16. The van der Waals surface area contributed by atoms with Crippen molar-refractivity contribution in [2.45, 2.75) is 31.8 Å². The molecule has 1 saturated heterocycles. The van der Waals surface area contributed by atoms with E-state index in [1.54, 1.807) is 16.9 Å². The molecule has 1 unspecified atom stereocenters. The fourth-order valence-corrected chi connectivity index (χ4v) is 3.78. The van der Waals surface area contributed by atoms with E-state index in [1.165, 1.54) is 0 Å². The molecule has 0 aliphatic carbocycles. The Labute approximate surface area is 174 Å². The average molecular weight is 407 g/mol. The maximum atomic E-state index is 13.0. The molecular weight excluding hydrogens is 382 g/mol. The molecule has 1 aliphatic heterocycles. The van der Waals surface area contributed by atoms with Crippen molar-refractivity contribution < 1.29 is 14.3 Å². The summed E-state index contributed by atoms with van der Waals surface area (Å²) in [5, 5.41) is 7.96. The first kappa shape index (κ1) is 20.0. The quantitative estimate of drug-likeness (QED) is 0.619. The predicted octanol–water partition coefficient (Wildman–Crippen LogP) is 1.68. The molecule has 0 bridgehead atoms. The zero-order chi connectivity index (χ0) is 20.9. The largest absolute Gasteiger partial charge is 0.381 e. The van der Waals surface area contributed by atoms with Crippen LogP contribution in [0.5, 0.6) is 0 Å². The number of carbonyl (C=O) groups excluding carboxylic acids is 2. The van der Waals surface area contributed by atoms with Gasteiger partial charge in [-0.15, -0.1) is 0 Å². The van der Waals surface area contributed by atoms with Crippen LogP contribution in [0.2, 0.25) is 0 Å². The monoisotopic (exact) mass is 407 g/mol. The molecule has 156 valence electrons. The fraction of sp³-hybridized carbons (Fsp3) is 0.364. The van der Waals surface area contributed by atoms with E-state index >= 15 is 0 Å². The van der Waals surface area contributed by atoms with Crippen molar-refractivity contribution in [1.82, 2.24) is 20.1 Å². The molecule has 1 aromatic carbocycles. The number of primary amides is 1. The van der Waals surface area contributed by atoms with Crippen LogP contribution in [0.1, 0.15) is 28.9 Å². The van der Waals surface area contributed by atoms with E-state index in [1.807, 2.05) is 36.4 Å². The lowest BCUT2D eigenvalue weighted by Gasteiger charge is -2.21. The standard InChI is InChI=1S/C22H25N5O3/c23-20(28)18(13-15-5-2-1-3-6-15)25-22(29)19-17-7-4-10-24-21(17)27(26-19)14-16-8-11-30-12-9-16/h1-7,10,16,18H,8-9,11-14H2,(H2,23,28)(H,25,29). The second kappa shape index (κ2) is 9.04. The minimum absolute atomic E-state index is 0.254. The van der Waals surface area contributed by atoms with E-state index in [0.29, 0.717) is 29.9 Å². The predicted molar refractivity (Wildman–Crippen MR) is 112 cm³/mol. The van der Waals surface area contributed by atoms with E-state index in [4.69, 9.17) is 10.5 Å². The van der Waals surface area contributed by atoms with Crippen molar-refractivity contribution >= 4 is 22.8 Å². The van der Waals surface area contributed by atoms with Gasteiger partial charge in [-0.1, -0.05) is 30.3 Å². The number of carbonyl (C=O) groups is 2. The maximum Gasteiger partial charge on any atom is 0.273 e. The molecule has 2 amide bonds. The molecule has 8 heteroatoms. The van der Waals surface area contributed by atoms with Crippen LogP contribution in [0.15, 0.2) is 48.7 Å². The maximum absolute atomic E-state index is 13.0. The summed E-state index contributed by atoms with van der Waals surface area (Å²) >= 11 is 0. The molecule has 4 rings (SSSR count). The molecule has 30 heavy (non-hydrogen) atoms. The summed E-state index contributed by atoms with van der Waals surface area (Å²) in [7, 11) is 0. The van der Waals surface area contributed by atoms with Crippen molar-refractivity contribution in [2.24, 2.45) is 11.7 Å². The number of amides is 2. The molecule has 1 atom stereocenters. The molecule has 2 aromatic heterocycles. The lowest BCUT2D eigenvalue weighted by atomic mass is 10.0. The number of rotatable bonds is 7. The molecule has 1 aliphatic rings. The molecule has 3 heterocycles. The third-order valence-electron chi connectivity index (χ3n) is 5.43. The first-order valence-electron chi connectivity index (χ1n) is 10.1. The number of pyridine rings is 1. The Balaban J connectivity index is 1.56. The highest BCUT2D eigenvalue weighted by atomic mass is 16.5. The van der Waals surface area contributed by atoms with Crippen LogP contribution in [0.3, 0.4) is 0 Å². The Hall–Kier alpha value is -3.26. The lowest BCUT2D eigenvalue weighted by Crippen LogP contribution is -2.46. The fourth-order valence-electron chi connectivity index (χ4n) is 3.78. The van der Waals surface area contributed by atoms with Crippen LogP contribution in [0, 0.1) is 5.92 Å². The molecule has 1 fully saturated rings. The van der Waals surface area contributed by atoms with E-state index in [-0.39, 0.29) is 5.69 Å². The number of hydrogen-bond acceptors (Lipinski definition) is 5. The Morgan fingerprint density at radius 2 is 1.93 bits per heavy atom. The number of hydrogen-bond donors (Lipinski definition) is 2. The SMILES string of the molecule is NC(=O)C(Cc1ccccc1)NC(=O)c1nn(CC2CCOCC2)c2ncccc12. The van der Waals surface area contributed by atoms with E-state index in [2.05, 4.69) is 15.4 Å². The van der Waals surface area contributed by atoms with Crippen LogP contribution in [-0.2, 0) is 22.5 Å². The summed E-state index contributed by atoms with van der Waals surface area (Å²) in [6.07, 6.45) is 3.92. The van der Waals surface area contributed by atoms with Crippen LogP contribution < -0.4 is 11.1 Å². The second-order valence-corrected chi connectivity index (χ2v) is 7.58. The van der Waals surface area contributed by atoms with Gasteiger partial charge in [-0.3, -0.25) is 9.59 Å². The van der Waals surface area contributed by atoms with Gasteiger partial charge in [0.05, 0.1) is 5.39 Å². The first-order chi connectivity index (χ1) is 14.6. The number of ether oxygens (including phenoxy) is 1. The number of fused-ring (bicyclic) bond motifs is 1. The van der Waals surface area contributed by atoms with E-state index < -0.39 is 17.9 Å². The molecular formula is C22H25N5O3. The minimum atomic E-state index is -0.827. The highest BCUT2D eigenvalue weighted by molar-refractivity contribution is 6.05. The van der Waals surface area contributed by atoms with Gasteiger partial charge in [0.25, 0.3) is 5.91 Å². The van der Waals surface area contributed by atoms with Gasteiger partial charge in [-0.05, 0) is 36.5 Å². The molecule has 0 saturated carbocycles. The number of aromatic nitrogens is 3. The van der Waals surface area contributed by atoms with Gasteiger partial charge in [-0.25, -0.2) is 9.67 Å². The topological polar surface area (TPSA) is 112 Å². The van der Waals surface area contributed by atoms with Crippen LogP contribution >= 0.6 is 0 Å². The zero-order valence-corrected chi connectivity index (χ0v) is 16.7. The molecule has 8 nitrogen and oxygen atoms in total. The van der Waals surface area contributed by atoms with Gasteiger partial charge in [0.1, 0.15) is 6.04 Å². The average Bonchev–Trinajstić information content (AvgIpc) is 3.13. The second-order valence-electron chi connectivity index (χ2n) is 7.58. The van der Waals surface area contributed by atoms with E-state index in [0.717, 1.165) is 31.6 Å². The summed E-state index contributed by atoms with van der Waals surface area (Å²) in [6, 6.07) is 12.2. The van der Waals surface area contributed by atoms with Gasteiger partial charge in [0, 0.05) is 32.4 Å². The molecule has 3 aromatic rings. The van der Waals surface area contributed by atoms with Gasteiger partial charge in [0.15, 0.2) is 11.3 Å². The van der Waals surface area contributed by atoms with Gasteiger partial charge >= 0.3 is 0 Å². The number of nitrogens with one attached hydrogen (secondary N) is 1. The lowest BCUT2D eigenvalue weighted by molar-refractivity contribution is -0.119. The Bertz CT molecular complexity index is 1030. The van der Waals surface area contributed by atoms with Crippen molar-refractivity contribution in [3.8, 4) is 0 Å². The summed E-state index contributed by atoms with van der Waals surface area (Å²) in [4.78, 5) is 29.4. The van der Waals surface area contributed by atoms with Crippen molar-refractivity contribution in [3.63, 3.8) is 0 Å². The highest BCUT2D eigenvalue weighted by Crippen LogP contribution is 2.22. The highest BCUT2D eigenvalue weighted by Gasteiger charge is 2.25. The number of nitrogens with zero attached hydrogens (tertiary/aromatic N) is 3. The number of benzene rings is 1. The van der Waals surface area contributed by atoms with Crippen molar-refractivity contribution in [3.05, 3.63) is 59.9 Å². The van der Waals surface area contributed by atoms with Crippen molar-refractivity contribution in [2.75, 3.05) is 13.2 Å². The Kier molecular flexibility index (Phi) is 6.04. The van der Waals surface area contributed by atoms with Gasteiger partial charge in [0.2, 0.25) is 5.91 Å². The third-order valence-corrected chi connectivity index (χ3v) is 5.43. The van der Waals surface area contributed by atoms with Crippen LogP contribution in [-0.4, -0.2) is 45.8 Å². The smallest absolute Gasteiger partial charge is 0.273 e. The zero-order valence-electron chi connectivity index (χ0n) is 16.7. The summed E-state index contributed by atoms with van der Waals surface area (Å²) in [5.74, 6) is -0.592. The minimum Gasteiger partial charge on any atom is -0.381 e. The third kappa shape index (κ3) is 4.49. The molecule has 0 radical (unpaired) electrons. The van der Waals surface area contributed by atoms with Gasteiger partial charge < -0.3 is 15.8 Å². The van der Waals surface area contributed by atoms with E-state index in [9.17, 15) is 9.59 Å².